The zero-order chi connectivity index (χ0) is 20.7. The van der Waals surface area contributed by atoms with E-state index in [-0.39, 0.29) is 36.0 Å². The van der Waals surface area contributed by atoms with Gasteiger partial charge in [-0.15, -0.1) is 0 Å². The minimum Gasteiger partial charge on any atom is -0.503 e. The lowest BCUT2D eigenvalue weighted by Gasteiger charge is -2.44. The zero-order valence-corrected chi connectivity index (χ0v) is 15.7. The number of benzene rings is 1. The van der Waals surface area contributed by atoms with Crippen molar-refractivity contribution >= 4 is 11.8 Å². The molecule has 0 spiro atoms. The zero-order valence-electron chi connectivity index (χ0n) is 15.7. The first-order chi connectivity index (χ1) is 13.9. The Morgan fingerprint density at radius 2 is 2.10 bits per heavy atom. The molecule has 0 bridgehead atoms. The standard InChI is InChI=1S/C20H20FN3O5/c1-11-6-7-29-15-10-23-9-13(17(25)18(26)16(23)20(28)24(11)15)19(27)22-8-12-4-2-3-5-14(12)21/h2-5,9,11,15,26H,6-8,10H2,1H3,(H,22,27)/t11-,15+/m1/s1. The maximum absolute atomic E-state index is 13.7. The fourth-order valence-electron chi connectivity index (χ4n) is 3.73. The maximum Gasteiger partial charge on any atom is 0.276 e. The van der Waals surface area contributed by atoms with Crippen LogP contribution in [-0.2, 0) is 17.8 Å². The minimum absolute atomic E-state index is 0.0896. The summed E-state index contributed by atoms with van der Waals surface area (Å²) >= 11 is 0. The van der Waals surface area contributed by atoms with Crippen molar-refractivity contribution in [3.05, 3.63) is 63.3 Å². The van der Waals surface area contributed by atoms with Crippen LogP contribution in [0.1, 0.15) is 39.8 Å². The van der Waals surface area contributed by atoms with Crippen molar-refractivity contribution in [2.45, 2.75) is 38.7 Å². The molecule has 152 valence electrons. The van der Waals surface area contributed by atoms with E-state index in [0.717, 1.165) is 0 Å². The summed E-state index contributed by atoms with van der Waals surface area (Å²) in [5.74, 6) is -2.53. The van der Waals surface area contributed by atoms with Crippen LogP contribution in [0.4, 0.5) is 4.39 Å². The predicted molar refractivity (Wildman–Crippen MR) is 99.9 cm³/mol. The van der Waals surface area contributed by atoms with Crippen molar-refractivity contribution in [2.75, 3.05) is 6.61 Å². The van der Waals surface area contributed by atoms with E-state index < -0.39 is 35.0 Å². The normalized spacial score (nSPS) is 20.8. The van der Waals surface area contributed by atoms with Gasteiger partial charge in [-0.3, -0.25) is 14.4 Å². The van der Waals surface area contributed by atoms with Crippen LogP contribution >= 0.6 is 0 Å². The van der Waals surface area contributed by atoms with E-state index in [9.17, 15) is 23.9 Å². The Labute approximate surface area is 165 Å². The molecule has 1 saturated heterocycles. The van der Waals surface area contributed by atoms with Crippen molar-refractivity contribution in [1.82, 2.24) is 14.8 Å². The summed E-state index contributed by atoms with van der Waals surface area (Å²) in [7, 11) is 0. The van der Waals surface area contributed by atoms with Gasteiger partial charge in [0.25, 0.3) is 11.8 Å². The Kier molecular flexibility index (Phi) is 4.83. The van der Waals surface area contributed by atoms with Gasteiger partial charge in [0, 0.05) is 24.3 Å². The van der Waals surface area contributed by atoms with Gasteiger partial charge in [-0.2, -0.15) is 0 Å². The molecule has 2 amide bonds. The van der Waals surface area contributed by atoms with Crippen LogP contribution in [0, 0.1) is 5.82 Å². The highest BCUT2D eigenvalue weighted by Crippen LogP contribution is 2.29. The first-order valence-electron chi connectivity index (χ1n) is 9.30. The third kappa shape index (κ3) is 3.27. The van der Waals surface area contributed by atoms with Gasteiger partial charge in [-0.1, -0.05) is 18.2 Å². The lowest BCUT2D eigenvalue weighted by Crippen LogP contribution is -2.57. The third-order valence-corrected chi connectivity index (χ3v) is 5.32. The van der Waals surface area contributed by atoms with E-state index in [4.69, 9.17) is 4.74 Å². The molecule has 1 aromatic carbocycles. The smallest absolute Gasteiger partial charge is 0.276 e. The Balaban J connectivity index is 1.64. The van der Waals surface area contributed by atoms with Crippen LogP contribution < -0.4 is 10.7 Å². The van der Waals surface area contributed by atoms with E-state index >= 15 is 0 Å². The molecule has 29 heavy (non-hydrogen) atoms. The molecule has 0 unspecified atom stereocenters. The monoisotopic (exact) mass is 401 g/mol. The number of carbonyl (C=O) groups is 2. The third-order valence-electron chi connectivity index (χ3n) is 5.32. The number of halogens is 1. The largest absolute Gasteiger partial charge is 0.503 e. The summed E-state index contributed by atoms with van der Waals surface area (Å²) in [6, 6.07) is 5.86. The van der Waals surface area contributed by atoms with Crippen molar-refractivity contribution in [1.29, 1.82) is 0 Å². The van der Waals surface area contributed by atoms with Crippen LogP contribution in [-0.4, -0.2) is 45.3 Å². The van der Waals surface area contributed by atoms with Crippen molar-refractivity contribution in [3.8, 4) is 5.75 Å². The van der Waals surface area contributed by atoms with Crippen LogP contribution in [0.2, 0.25) is 0 Å². The summed E-state index contributed by atoms with van der Waals surface area (Å²) in [6.07, 6.45) is 1.37. The Hall–Kier alpha value is -3.20. The first-order valence-corrected chi connectivity index (χ1v) is 9.30. The van der Waals surface area contributed by atoms with E-state index in [0.29, 0.717) is 13.0 Å². The molecule has 4 rings (SSSR count). The maximum atomic E-state index is 13.7. The molecule has 0 radical (unpaired) electrons. The van der Waals surface area contributed by atoms with Crippen LogP contribution in [0.25, 0.3) is 0 Å². The highest BCUT2D eigenvalue weighted by Gasteiger charge is 2.41. The fraction of sp³-hybridized carbons (Fsp3) is 0.350. The molecule has 2 atom stereocenters. The second-order valence-corrected chi connectivity index (χ2v) is 7.17. The number of hydrogen-bond donors (Lipinski definition) is 2. The Morgan fingerprint density at radius 1 is 1.34 bits per heavy atom. The van der Waals surface area contributed by atoms with Gasteiger partial charge in [0.1, 0.15) is 11.4 Å². The molecule has 0 aliphatic carbocycles. The number of pyridine rings is 1. The van der Waals surface area contributed by atoms with Gasteiger partial charge in [0.15, 0.2) is 17.7 Å². The van der Waals surface area contributed by atoms with Gasteiger partial charge < -0.3 is 24.6 Å². The number of rotatable bonds is 3. The summed E-state index contributed by atoms with van der Waals surface area (Å²) in [6.45, 7) is 2.44. The number of nitrogens with one attached hydrogen (secondary N) is 1. The second kappa shape index (κ2) is 7.32. The quantitative estimate of drug-likeness (QED) is 0.805. The average molecular weight is 401 g/mol. The van der Waals surface area contributed by atoms with Crippen LogP contribution in [0.15, 0.2) is 35.3 Å². The molecule has 9 heteroatoms. The summed E-state index contributed by atoms with van der Waals surface area (Å²) < 4.78 is 20.8. The molecule has 1 aromatic heterocycles. The number of carbonyl (C=O) groups excluding carboxylic acids is 2. The number of ether oxygens (including phenoxy) is 1. The average Bonchev–Trinajstić information content (AvgIpc) is 2.69. The lowest BCUT2D eigenvalue weighted by atomic mass is 10.1. The van der Waals surface area contributed by atoms with E-state index in [1.54, 1.807) is 6.07 Å². The van der Waals surface area contributed by atoms with Crippen LogP contribution in [0.3, 0.4) is 0 Å². The number of fused-ring (bicyclic) bond motifs is 2. The number of amides is 2. The minimum atomic E-state index is -0.945. The SMILES string of the molecule is C[C@@H]1CCO[C@H]2Cn3cc(C(=O)NCc4ccccc4F)c(=O)c(O)c3C(=O)N12. The van der Waals surface area contributed by atoms with Crippen molar-refractivity contribution in [3.63, 3.8) is 0 Å². The van der Waals surface area contributed by atoms with E-state index in [2.05, 4.69) is 5.32 Å². The number of aromatic hydroxyl groups is 1. The van der Waals surface area contributed by atoms with Gasteiger partial charge in [-0.25, -0.2) is 4.39 Å². The van der Waals surface area contributed by atoms with E-state index in [1.807, 2.05) is 6.92 Å². The summed E-state index contributed by atoms with van der Waals surface area (Å²) in [5, 5.41) is 12.9. The number of aromatic nitrogens is 1. The number of hydrogen-bond acceptors (Lipinski definition) is 5. The Bertz CT molecular complexity index is 1050. The first kappa shape index (κ1) is 19.1. The molecule has 3 heterocycles. The molecule has 0 saturated carbocycles. The fourth-order valence-corrected chi connectivity index (χ4v) is 3.73. The Morgan fingerprint density at radius 3 is 2.86 bits per heavy atom. The summed E-state index contributed by atoms with van der Waals surface area (Å²) in [5.41, 5.74) is -1.17. The molecule has 2 aliphatic rings. The predicted octanol–water partition coefficient (Wildman–Crippen LogP) is 1.21. The van der Waals surface area contributed by atoms with Crippen LogP contribution in [0.5, 0.6) is 5.75 Å². The van der Waals surface area contributed by atoms with Gasteiger partial charge in [0.05, 0.1) is 13.2 Å². The molecular weight excluding hydrogens is 381 g/mol. The molecule has 2 N–H and O–H groups in total. The van der Waals surface area contributed by atoms with Gasteiger partial charge >= 0.3 is 0 Å². The molecular formula is C20H20FN3O5. The summed E-state index contributed by atoms with van der Waals surface area (Å²) in [4.78, 5) is 39.4. The lowest BCUT2D eigenvalue weighted by molar-refractivity contribution is -0.112. The topological polar surface area (TPSA) is 101 Å². The van der Waals surface area contributed by atoms with Gasteiger partial charge in [0.2, 0.25) is 5.43 Å². The van der Waals surface area contributed by atoms with Crippen molar-refractivity contribution in [2.24, 2.45) is 0 Å². The van der Waals surface area contributed by atoms with Crippen molar-refractivity contribution < 1.29 is 23.8 Å². The molecule has 2 aromatic rings. The molecule has 1 fully saturated rings. The van der Waals surface area contributed by atoms with Gasteiger partial charge in [-0.05, 0) is 19.4 Å². The second-order valence-electron chi connectivity index (χ2n) is 7.17. The highest BCUT2D eigenvalue weighted by atomic mass is 19.1. The van der Waals surface area contributed by atoms with E-state index in [1.165, 1.54) is 33.9 Å². The number of nitrogens with zero attached hydrogens (tertiary/aromatic N) is 2. The highest BCUT2D eigenvalue weighted by molar-refractivity contribution is 5.99. The molecule has 2 aliphatic heterocycles. The molecule has 8 nitrogen and oxygen atoms in total.